The normalized spacial score (nSPS) is 12.7. The minimum atomic E-state index is 0.351. The summed E-state index contributed by atoms with van der Waals surface area (Å²) in [6, 6.07) is 8.69. The molecule has 2 nitrogen and oxygen atoms in total. The topological polar surface area (TPSA) is 21.3 Å². The van der Waals surface area contributed by atoms with Crippen molar-refractivity contribution in [3.8, 4) is 0 Å². The number of nitrogens with one attached hydrogen (secondary N) is 1. The highest BCUT2D eigenvalue weighted by atomic mass is 16.5. The van der Waals surface area contributed by atoms with Gasteiger partial charge in [-0.3, -0.25) is 0 Å². The van der Waals surface area contributed by atoms with Crippen molar-refractivity contribution in [2.24, 2.45) is 0 Å². The van der Waals surface area contributed by atoms with Gasteiger partial charge < -0.3 is 10.1 Å². The Balaban J connectivity index is 2.38. The molecule has 1 aromatic carbocycles. The van der Waals surface area contributed by atoms with Crippen LogP contribution < -0.4 is 5.32 Å². The maximum absolute atomic E-state index is 5.69. The first-order valence-corrected chi connectivity index (χ1v) is 6.10. The van der Waals surface area contributed by atoms with Crippen molar-refractivity contribution in [3.05, 3.63) is 35.4 Å². The molecule has 0 bridgehead atoms. The molecule has 1 unspecified atom stereocenters. The van der Waals surface area contributed by atoms with Gasteiger partial charge in [0.05, 0.1) is 12.7 Å². The van der Waals surface area contributed by atoms with Gasteiger partial charge in [-0.1, -0.05) is 31.2 Å². The molecule has 0 saturated heterocycles. The van der Waals surface area contributed by atoms with E-state index in [0.717, 1.165) is 26.0 Å². The Morgan fingerprint density at radius 1 is 1.19 bits per heavy atom. The van der Waals surface area contributed by atoms with Crippen LogP contribution in [0, 0.1) is 0 Å². The second-order valence-corrected chi connectivity index (χ2v) is 4.20. The zero-order valence-corrected chi connectivity index (χ0v) is 10.6. The largest absolute Gasteiger partial charge is 0.374 e. The lowest BCUT2D eigenvalue weighted by atomic mass is 10.1. The second kappa shape index (κ2) is 7.42. The third-order valence-electron chi connectivity index (χ3n) is 2.80. The molecule has 0 aliphatic heterocycles. The van der Waals surface area contributed by atoms with Gasteiger partial charge in [-0.15, -0.1) is 0 Å². The number of hydrogen-bond acceptors (Lipinski definition) is 2. The average Bonchev–Trinajstić information content (AvgIpc) is 2.34. The van der Waals surface area contributed by atoms with Gasteiger partial charge in [0, 0.05) is 0 Å². The SMILES string of the molecule is CCC(C)OCc1ccc(CCNC)cc1. The molecule has 1 atom stereocenters. The van der Waals surface area contributed by atoms with Crippen LogP contribution in [0.5, 0.6) is 0 Å². The van der Waals surface area contributed by atoms with Gasteiger partial charge in [-0.05, 0) is 44.5 Å². The molecule has 16 heavy (non-hydrogen) atoms. The summed E-state index contributed by atoms with van der Waals surface area (Å²) >= 11 is 0. The minimum absolute atomic E-state index is 0.351. The smallest absolute Gasteiger partial charge is 0.0720 e. The minimum Gasteiger partial charge on any atom is -0.374 e. The summed E-state index contributed by atoms with van der Waals surface area (Å²) < 4.78 is 5.69. The monoisotopic (exact) mass is 221 g/mol. The number of ether oxygens (including phenoxy) is 1. The van der Waals surface area contributed by atoms with E-state index in [9.17, 15) is 0 Å². The molecule has 1 N–H and O–H groups in total. The van der Waals surface area contributed by atoms with E-state index in [2.05, 4.69) is 43.4 Å². The Labute approximate surface area is 99.0 Å². The third kappa shape index (κ3) is 4.77. The Morgan fingerprint density at radius 3 is 2.38 bits per heavy atom. The van der Waals surface area contributed by atoms with Gasteiger partial charge in [0.2, 0.25) is 0 Å². The molecular formula is C14H23NO. The van der Waals surface area contributed by atoms with Crippen LogP contribution in [0.3, 0.4) is 0 Å². The number of hydrogen-bond donors (Lipinski definition) is 1. The first-order chi connectivity index (χ1) is 7.76. The van der Waals surface area contributed by atoms with Crippen molar-refractivity contribution in [1.82, 2.24) is 5.32 Å². The van der Waals surface area contributed by atoms with Gasteiger partial charge in [0.1, 0.15) is 0 Å². The molecule has 0 spiro atoms. The van der Waals surface area contributed by atoms with E-state index >= 15 is 0 Å². The Bertz CT molecular complexity index is 281. The van der Waals surface area contributed by atoms with E-state index in [-0.39, 0.29) is 0 Å². The van der Waals surface area contributed by atoms with Crippen molar-refractivity contribution in [2.45, 2.75) is 39.4 Å². The summed E-state index contributed by atoms with van der Waals surface area (Å²) in [7, 11) is 1.98. The molecule has 1 aromatic rings. The lowest BCUT2D eigenvalue weighted by Gasteiger charge is -2.10. The van der Waals surface area contributed by atoms with E-state index in [4.69, 9.17) is 4.74 Å². The highest BCUT2D eigenvalue weighted by molar-refractivity contribution is 5.22. The number of likely N-dealkylation sites (N-methyl/N-ethyl adjacent to an activating group) is 1. The molecule has 0 heterocycles. The van der Waals surface area contributed by atoms with E-state index in [1.165, 1.54) is 11.1 Å². The first-order valence-electron chi connectivity index (χ1n) is 6.10. The molecular weight excluding hydrogens is 198 g/mol. The van der Waals surface area contributed by atoms with Crippen LogP contribution in [0.15, 0.2) is 24.3 Å². The lowest BCUT2D eigenvalue weighted by Crippen LogP contribution is -2.10. The van der Waals surface area contributed by atoms with Gasteiger partial charge in [0.15, 0.2) is 0 Å². The fourth-order valence-corrected chi connectivity index (χ4v) is 1.43. The van der Waals surface area contributed by atoms with Gasteiger partial charge in [0.25, 0.3) is 0 Å². The molecule has 0 fully saturated rings. The average molecular weight is 221 g/mol. The molecule has 90 valence electrons. The van der Waals surface area contributed by atoms with E-state index in [1.54, 1.807) is 0 Å². The molecule has 1 rings (SSSR count). The van der Waals surface area contributed by atoms with E-state index < -0.39 is 0 Å². The van der Waals surface area contributed by atoms with Gasteiger partial charge in [-0.25, -0.2) is 0 Å². The van der Waals surface area contributed by atoms with Crippen LogP contribution in [0.25, 0.3) is 0 Å². The van der Waals surface area contributed by atoms with E-state index in [1.807, 2.05) is 7.05 Å². The molecule has 2 heteroatoms. The Morgan fingerprint density at radius 2 is 1.81 bits per heavy atom. The zero-order chi connectivity index (χ0) is 11.8. The predicted octanol–water partition coefficient (Wildman–Crippen LogP) is 2.76. The fraction of sp³-hybridized carbons (Fsp3) is 0.571. The van der Waals surface area contributed by atoms with Crippen molar-refractivity contribution in [1.29, 1.82) is 0 Å². The lowest BCUT2D eigenvalue weighted by molar-refractivity contribution is 0.0508. The Kier molecular flexibility index (Phi) is 6.12. The van der Waals surface area contributed by atoms with Gasteiger partial charge in [-0.2, -0.15) is 0 Å². The van der Waals surface area contributed by atoms with Crippen molar-refractivity contribution in [2.75, 3.05) is 13.6 Å². The van der Waals surface area contributed by atoms with Crippen LogP contribution in [-0.4, -0.2) is 19.7 Å². The molecule has 0 amide bonds. The van der Waals surface area contributed by atoms with Crippen molar-refractivity contribution < 1.29 is 4.74 Å². The molecule has 0 aromatic heterocycles. The van der Waals surface area contributed by atoms with Gasteiger partial charge >= 0.3 is 0 Å². The number of rotatable bonds is 7. The molecule has 0 saturated carbocycles. The summed E-state index contributed by atoms with van der Waals surface area (Å²) in [4.78, 5) is 0. The summed E-state index contributed by atoms with van der Waals surface area (Å²) in [5.74, 6) is 0. The summed E-state index contributed by atoms with van der Waals surface area (Å²) in [6.45, 7) is 6.01. The van der Waals surface area contributed by atoms with Crippen LogP contribution in [0.1, 0.15) is 31.4 Å². The van der Waals surface area contributed by atoms with E-state index in [0.29, 0.717) is 6.10 Å². The highest BCUT2D eigenvalue weighted by Gasteiger charge is 1.99. The van der Waals surface area contributed by atoms with Crippen LogP contribution >= 0.6 is 0 Å². The van der Waals surface area contributed by atoms with Crippen LogP contribution in [0.4, 0.5) is 0 Å². The maximum Gasteiger partial charge on any atom is 0.0720 e. The van der Waals surface area contributed by atoms with Crippen molar-refractivity contribution in [3.63, 3.8) is 0 Å². The van der Waals surface area contributed by atoms with Crippen LogP contribution in [0.2, 0.25) is 0 Å². The van der Waals surface area contributed by atoms with Crippen molar-refractivity contribution >= 4 is 0 Å². The number of benzene rings is 1. The first kappa shape index (κ1) is 13.2. The predicted molar refractivity (Wildman–Crippen MR) is 68.6 cm³/mol. The fourth-order valence-electron chi connectivity index (χ4n) is 1.43. The molecule has 0 aliphatic carbocycles. The summed E-state index contributed by atoms with van der Waals surface area (Å²) in [5, 5.41) is 3.15. The second-order valence-electron chi connectivity index (χ2n) is 4.20. The third-order valence-corrected chi connectivity index (χ3v) is 2.80. The highest BCUT2D eigenvalue weighted by Crippen LogP contribution is 2.08. The maximum atomic E-state index is 5.69. The van der Waals surface area contributed by atoms with Crippen LogP contribution in [-0.2, 0) is 17.8 Å². The quantitative estimate of drug-likeness (QED) is 0.764. The molecule has 0 radical (unpaired) electrons. The zero-order valence-electron chi connectivity index (χ0n) is 10.6. The standard InChI is InChI=1S/C14H23NO/c1-4-12(2)16-11-14-7-5-13(6-8-14)9-10-15-3/h5-8,12,15H,4,9-11H2,1-3H3. The summed E-state index contributed by atoms with van der Waals surface area (Å²) in [5.41, 5.74) is 2.63. The Hall–Kier alpha value is -0.860. The molecule has 0 aliphatic rings. The summed E-state index contributed by atoms with van der Waals surface area (Å²) in [6.07, 6.45) is 2.51.